The van der Waals surface area contributed by atoms with Gasteiger partial charge in [0.15, 0.2) is 5.17 Å². The van der Waals surface area contributed by atoms with Crippen LogP contribution in [-0.2, 0) is 21.4 Å². The molecule has 7 nitrogen and oxygen atoms in total. The van der Waals surface area contributed by atoms with Crippen molar-refractivity contribution >= 4 is 38.6 Å². The molecule has 2 aliphatic heterocycles. The van der Waals surface area contributed by atoms with Crippen LogP contribution in [0.3, 0.4) is 0 Å². The van der Waals surface area contributed by atoms with Crippen LogP contribution in [0.25, 0.3) is 0 Å². The van der Waals surface area contributed by atoms with Crippen molar-refractivity contribution in [2.75, 3.05) is 17.2 Å². The Labute approximate surface area is 160 Å². The molecule has 0 radical (unpaired) electrons. The van der Waals surface area contributed by atoms with Gasteiger partial charge in [0.25, 0.3) is 10.0 Å². The second-order valence-electron chi connectivity index (χ2n) is 5.98. The predicted molar refractivity (Wildman–Crippen MR) is 101 cm³/mol. The van der Waals surface area contributed by atoms with Gasteiger partial charge in [-0.2, -0.15) is 5.26 Å². The minimum Gasteiger partial charge on any atom is -0.457 e. The molecule has 0 fully saturated rings. The standard InChI is InChI=1S/C18H13N3O4S2/c19-10-12-2-1-3-13(8-12)11-25-17(22)14-4-5-15-16(9-14)26-18-20-27(23,24)7-6-21(15)18/h1-5,8-9H,6-7,11H2. The van der Waals surface area contributed by atoms with Gasteiger partial charge < -0.3 is 9.64 Å². The average molecular weight is 399 g/mol. The molecule has 0 unspecified atom stereocenters. The van der Waals surface area contributed by atoms with E-state index in [4.69, 9.17) is 10.00 Å². The van der Waals surface area contributed by atoms with E-state index in [0.717, 1.165) is 16.1 Å². The van der Waals surface area contributed by atoms with E-state index in [0.29, 0.717) is 22.8 Å². The van der Waals surface area contributed by atoms with Gasteiger partial charge in [-0.15, -0.1) is 4.40 Å². The SMILES string of the molecule is N#Cc1cccc(COC(=O)c2ccc3c(c2)SC2=NS(=O)(=O)CCN23)c1. The zero-order valence-electron chi connectivity index (χ0n) is 14.0. The molecule has 9 heteroatoms. The lowest BCUT2D eigenvalue weighted by molar-refractivity contribution is 0.0472. The smallest absolute Gasteiger partial charge is 0.338 e. The molecule has 0 amide bonds. The summed E-state index contributed by atoms with van der Waals surface area (Å²) >= 11 is 1.23. The molecule has 0 atom stereocenters. The first-order chi connectivity index (χ1) is 12.9. The number of anilines is 1. The second-order valence-corrected chi connectivity index (χ2v) is 8.75. The van der Waals surface area contributed by atoms with Gasteiger partial charge in [-0.05, 0) is 47.7 Å². The molecule has 2 heterocycles. The normalized spacial score (nSPS) is 16.7. The van der Waals surface area contributed by atoms with Gasteiger partial charge in [0.05, 0.1) is 28.6 Å². The zero-order chi connectivity index (χ0) is 19.0. The summed E-state index contributed by atoms with van der Waals surface area (Å²) in [6.45, 7) is 0.413. The Morgan fingerprint density at radius 3 is 2.96 bits per heavy atom. The average Bonchev–Trinajstić information content (AvgIpc) is 3.01. The maximum atomic E-state index is 12.4. The zero-order valence-corrected chi connectivity index (χ0v) is 15.6. The van der Waals surface area contributed by atoms with E-state index in [1.54, 1.807) is 42.5 Å². The van der Waals surface area contributed by atoms with Crippen LogP contribution < -0.4 is 4.90 Å². The van der Waals surface area contributed by atoms with Crippen LogP contribution in [0.2, 0.25) is 0 Å². The quantitative estimate of drug-likeness (QED) is 0.731. The lowest BCUT2D eigenvalue weighted by atomic mass is 10.1. The predicted octanol–water partition coefficient (Wildman–Crippen LogP) is 2.53. The van der Waals surface area contributed by atoms with Crippen molar-refractivity contribution in [1.82, 2.24) is 0 Å². The van der Waals surface area contributed by atoms with Gasteiger partial charge >= 0.3 is 5.97 Å². The number of benzene rings is 2. The molecule has 136 valence electrons. The largest absolute Gasteiger partial charge is 0.457 e. The van der Waals surface area contributed by atoms with E-state index in [1.807, 2.05) is 11.0 Å². The van der Waals surface area contributed by atoms with E-state index in [9.17, 15) is 13.2 Å². The highest BCUT2D eigenvalue weighted by Gasteiger charge is 2.33. The van der Waals surface area contributed by atoms with Gasteiger partial charge in [-0.3, -0.25) is 0 Å². The van der Waals surface area contributed by atoms with Crippen molar-refractivity contribution in [3.63, 3.8) is 0 Å². The number of ether oxygens (including phenoxy) is 1. The number of rotatable bonds is 3. The van der Waals surface area contributed by atoms with Gasteiger partial charge in [-0.25, -0.2) is 13.2 Å². The summed E-state index contributed by atoms with van der Waals surface area (Å²) in [5.41, 5.74) is 2.45. The number of amidine groups is 1. The van der Waals surface area contributed by atoms with Gasteiger partial charge in [0, 0.05) is 11.4 Å². The van der Waals surface area contributed by atoms with Crippen LogP contribution in [0, 0.1) is 11.3 Å². The maximum Gasteiger partial charge on any atom is 0.338 e. The molecular formula is C18H13N3O4S2. The third-order valence-electron chi connectivity index (χ3n) is 4.13. The van der Waals surface area contributed by atoms with Gasteiger partial charge in [0.2, 0.25) is 0 Å². The lowest BCUT2D eigenvalue weighted by Crippen LogP contribution is -2.35. The highest BCUT2D eigenvalue weighted by Crippen LogP contribution is 2.42. The van der Waals surface area contributed by atoms with Crippen molar-refractivity contribution in [2.24, 2.45) is 4.40 Å². The topological polar surface area (TPSA) is 99.8 Å². The molecule has 0 saturated heterocycles. The highest BCUT2D eigenvalue weighted by molar-refractivity contribution is 8.15. The Balaban J connectivity index is 1.50. The van der Waals surface area contributed by atoms with Gasteiger partial charge in [-0.1, -0.05) is 12.1 Å². The number of carbonyl (C=O) groups is 1. The summed E-state index contributed by atoms with van der Waals surface area (Å²) in [6, 6.07) is 14.0. The molecule has 0 aromatic heterocycles. The molecule has 0 spiro atoms. The summed E-state index contributed by atoms with van der Waals surface area (Å²) in [4.78, 5) is 15.0. The van der Waals surface area contributed by atoms with Crippen molar-refractivity contribution < 1.29 is 17.9 Å². The Kier molecular flexibility index (Phi) is 4.37. The molecule has 2 aromatic rings. The second kappa shape index (κ2) is 6.72. The number of nitrogens with zero attached hydrogens (tertiary/aromatic N) is 3. The minimum atomic E-state index is -3.42. The Bertz CT molecular complexity index is 1120. The fraction of sp³-hybridized carbons (Fsp3) is 0.167. The fourth-order valence-electron chi connectivity index (χ4n) is 2.82. The molecule has 0 saturated carbocycles. The molecule has 0 aliphatic carbocycles. The summed E-state index contributed by atoms with van der Waals surface area (Å²) in [5, 5.41) is 9.33. The number of thioether (sulfide) groups is 1. The summed E-state index contributed by atoms with van der Waals surface area (Å²) < 4.78 is 32.4. The van der Waals surface area contributed by atoms with Crippen LogP contribution in [0.4, 0.5) is 5.69 Å². The molecular weight excluding hydrogens is 386 g/mol. The van der Waals surface area contributed by atoms with Crippen LogP contribution in [0.1, 0.15) is 21.5 Å². The number of hydrogen-bond acceptors (Lipinski definition) is 7. The van der Waals surface area contributed by atoms with Crippen molar-refractivity contribution in [3.8, 4) is 6.07 Å². The fourth-order valence-corrected chi connectivity index (χ4v) is 5.12. The molecule has 2 aromatic carbocycles. The van der Waals surface area contributed by atoms with E-state index < -0.39 is 16.0 Å². The summed E-state index contributed by atoms with van der Waals surface area (Å²) in [5.74, 6) is -0.512. The van der Waals surface area contributed by atoms with Crippen LogP contribution in [0.5, 0.6) is 0 Å². The number of fused-ring (bicyclic) bond motifs is 3. The van der Waals surface area contributed by atoms with E-state index in [1.165, 1.54) is 11.8 Å². The van der Waals surface area contributed by atoms with Crippen molar-refractivity contribution in [2.45, 2.75) is 11.5 Å². The Morgan fingerprint density at radius 2 is 2.15 bits per heavy atom. The molecule has 0 bridgehead atoms. The van der Waals surface area contributed by atoms with E-state index in [2.05, 4.69) is 4.40 Å². The van der Waals surface area contributed by atoms with E-state index >= 15 is 0 Å². The first kappa shape index (κ1) is 17.6. The summed E-state index contributed by atoms with van der Waals surface area (Å²) in [6.07, 6.45) is 0. The number of esters is 1. The summed E-state index contributed by atoms with van der Waals surface area (Å²) in [7, 11) is -3.42. The highest BCUT2D eigenvalue weighted by atomic mass is 32.2. The number of sulfonamides is 1. The third kappa shape index (κ3) is 3.54. The number of nitriles is 1. The Hall–Kier alpha value is -2.83. The third-order valence-corrected chi connectivity index (χ3v) is 6.44. The van der Waals surface area contributed by atoms with Crippen LogP contribution >= 0.6 is 11.8 Å². The molecule has 2 aliphatic rings. The number of hydrogen-bond donors (Lipinski definition) is 0. The van der Waals surface area contributed by atoms with Crippen molar-refractivity contribution in [1.29, 1.82) is 5.26 Å². The molecule has 27 heavy (non-hydrogen) atoms. The lowest BCUT2D eigenvalue weighted by Gasteiger charge is -2.22. The van der Waals surface area contributed by atoms with Gasteiger partial charge in [0.1, 0.15) is 6.61 Å². The van der Waals surface area contributed by atoms with E-state index in [-0.39, 0.29) is 12.4 Å². The van der Waals surface area contributed by atoms with Crippen LogP contribution in [0.15, 0.2) is 51.8 Å². The first-order valence-corrected chi connectivity index (χ1v) is 10.5. The Morgan fingerprint density at radius 1 is 1.30 bits per heavy atom. The first-order valence-electron chi connectivity index (χ1n) is 8.03. The minimum absolute atomic E-state index is 0.0257. The number of carbonyl (C=O) groups excluding carboxylic acids is 1. The van der Waals surface area contributed by atoms with Crippen LogP contribution in [-0.4, -0.2) is 31.9 Å². The molecule has 4 rings (SSSR count). The monoisotopic (exact) mass is 399 g/mol. The maximum absolute atomic E-state index is 12.4. The van der Waals surface area contributed by atoms with Crippen molar-refractivity contribution in [3.05, 3.63) is 59.2 Å². The molecule has 0 N–H and O–H groups in total.